The fourth-order valence-corrected chi connectivity index (χ4v) is 3.02. The largest absolute Gasteiger partial charge is 0.790 e. The Hall–Kier alpha value is 0.400. The number of aliphatic imine (C=N–C) groups is 1. The van der Waals surface area contributed by atoms with Crippen LogP contribution in [0, 0.1) is 0 Å². The molecule has 6 atom stereocenters. The number of imide groups is 1. The Balaban J connectivity index is 0.00000169. The summed E-state index contributed by atoms with van der Waals surface area (Å²) in [5.41, 5.74) is 0. The van der Waals surface area contributed by atoms with Crippen LogP contribution in [-0.4, -0.2) is 136 Å². The molecule has 2 fully saturated rings. The molecule has 3 rings (SSSR count). The Bertz CT molecular complexity index is 634. The summed E-state index contributed by atoms with van der Waals surface area (Å²) in [5.74, 6) is -0.644. The number of phosphoric acid groups is 1. The molecule has 0 aromatic heterocycles. The average molecular weight is 410 g/mol. The first-order valence-electron chi connectivity index (χ1n) is 6.77. The number of carbonyl (C=O) groups excluding carboxylic acids is 2. The van der Waals surface area contributed by atoms with Crippen LogP contribution in [0.25, 0.3) is 0 Å². The molecular formula is C10H13N4Na2O9P-2. The number of aliphatic hydroxyl groups excluding tert-OH is 2. The SMILES string of the molecule is O=C1NC(=O)C2N=CN([C@@H]3O[C@H](COP(=O)([O-])[O-])[C@@H](O)[C@H]3O)C2N1.[Na].[Na]. The van der Waals surface area contributed by atoms with Crippen molar-refractivity contribution in [3.05, 3.63) is 0 Å². The van der Waals surface area contributed by atoms with Crippen molar-refractivity contribution in [3.8, 4) is 0 Å². The minimum Gasteiger partial charge on any atom is -0.790 e. The van der Waals surface area contributed by atoms with Gasteiger partial charge in [0.25, 0.3) is 5.91 Å². The molecule has 0 aromatic rings. The van der Waals surface area contributed by atoms with Crippen LogP contribution in [0.4, 0.5) is 4.79 Å². The van der Waals surface area contributed by atoms with Crippen LogP contribution in [0.2, 0.25) is 0 Å². The number of fused-ring (bicyclic) bond motifs is 1. The maximum Gasteiger partial charge on any atom is 0.323 e. The number of amides is 3. The summed E-state index contributed by atoms with van der Waals surface area (Å²) in [7, 11) is -5.27. The minimum absolute atomic E-state index is 0. The number of rotatable bonds is 4. The number of nitrogens with zero attached hydrogens (tertiary/aromatic N) is 2. The van der Waals surface area contributed by atoms with Gasteiger partial charge in [0, 0.05) is 59.1 Å². The van der Waals surface area contributed by atoms with Crippen LogP contribution in [0.5, 0.6) is 0 Å². The number of hydrogen-bond acceptors (Lipinski definition) is 11. The minimum atomic E-state index is -5.27. The zero-order valence-electron chi connectivity index (χ0n) is 13.8. The number of nitrogens with one attached hydrogen (secondary N) is 2. The van der Waals surface area contributed by atoms with Crippen molar-refractivity contribution < 1.29 is 43.4 Å². The molecule has 13 nitrogen and oxygen atoms in total. The van der Waals surface area contributed by atoms with Crippen LogP contribution in [-0.2, 0) is 18.6 Å². The number of urea groups is 1. The summed E-state index contributed by atoms with van der Waals surface area (Å²) < 4.78 is 19.9. The van der Waals surface area contributed by atoms with Crippen molar-refractivity contribution in [1.82, 2.24) is 15.5 Å². The third-order valence-electron chi connectivity index (χ3n) is 3.79. The van der Waals surface area contributed by atoms with E-state index in [1.807, 2.05) is 5.32 Å². The summed E-state index contributed by atoms with van der Waals surface area (Å²) in [5, 5.41) is 24.4. The number of carbonyl (C=O) groups is 2. The molecule has 2 radical (unpaired) electrons. The summed E-state index contributed by atoms with van der Waals surface area (Å²) in [6.45, 7) is -0.787. The Morgan fingerprint density at radius 1 is 1.31 bits per heavy atom. The molecule has 3 aliphatic heterocycles. The molecule has 16 heteroatoms. The van der Waals surface area contributed by atoms with E-state index in [0.717, 1.165) is 6.34 Å². The summed E-state index contributed by atoms with van der Waals surface area (Å²) in [6, 6.07) is -1.72. The van der Waals surface area contributed by atoms with Crippen molar-refractivity contribution in [2.75, 3.05) is 6.61 Å². The molecular weight excluding hydrogens is 397 g/mol. The Morgan fingerprint density at radius 2 is 1.96 bits per heavy atom. The standard InChI is InChI=1S/C10H15N4O9P.2Na/c15-5-3(1-22-24(19,20)21)23-9(6(5)16)14-2-11-4-7(14)12-10(18)13-8(4)17;;/h2-7,9,15-16H,1H2,(H2,19,20,21)(H2,12,13,17,18);;/p-2/t3-,4?,5-,6-,7?,9-;;/m1../s1. The smallest absolute Gasteiger partial charge is 0.323 e. The van der Waals surface area contributed by atoms with Gasteiger partial charge in [0.05, 0.1) is 20.8 Å². The van der Waals surface area contributed by atoms with Crippen molar-refractivity contribution in [3.63, 3.8) is 0 Å². The van der Waals surface area contributed by atoms with E-state index in [1.165, 1.54) is 4.90 Å². The van der Waals surface area contributed by atoms with Gasteiger partial charge in [0.15, 0.2) is 12.3 Å². The number of ether oxygens (including phenoxy) is 1. The van der Waals surface area contributed by atoms with E-state index in [4.69, 9.17) is 4.74 Å². The molecule has 3 amide bonds. The van der Waals surface area contributed by atoms with Gasteiger partial charge in [-0.1, -0.05) is 0 Å². The predicted octanol–water partition coefficient (Wildman–Crippen LogP) is -5.61. The zero-order chi connectivity index (χ0) is 17.6. The van der Waals surface area contributed by atoms with Crippen molar-refractivity contribution in [2.24, 2.45) is 4.99 Å². The van der Waals surface area contributed by atoms with Crippen molar-refractivity contribution >= 4 is 85.2 Å². The fourth-order valence-electron chi connectivity index (χ4n) is 2.69. The normalized spacial score (nSPS) is 35.9. The van der Waals surface area contributed by atoms with Gasteiger partial charge in [-0.2, -0.15) is 0 Å². The predicted molar refractivity (Wildman–Crippen MR) is 80.3 cm³/mol. The van der Waals surface area contributed by atoms with E-state index in [0.29, 0.717) is 0 Å². The molecule has 2 unspecified atom stereocenters. The van der Waals surface area contributed by atoms with Gasteiger partial charge in [0.2, 0.25) is 0 Å². The van der Waals surface area contributed by atoms with Crippen molar-refractivity contribution in [2.45, 2.75) is 36.7 Å². The quantitative estimate of drug-likeness (QED) is 0.256. The first-order chi connectivity index (χ1) is 11.2. The van der Waals surface area contributed by atoms with E-state index in [-0.39, 0.29) is 59.1 Å². The van der Waals surface area contributed by atoms with E-state index >= 15 is 0 Å². The second-order valence-corrected chi connectivity index (χ2v) is 6.51. The molecule has 3 heterocycles. The fraction of sp³-hybridized carbons (Fsp3) is 0.700. The van der Waals surface area contributed by atoms with E-state index in [1.54, 1.807) is 0 Å². The van der Waals surface area contributed by atoms with Gasteiger partial charge in [-0.15, -0.1) is 0 Å². The molecule has 26 heavy (non-hydrogen) atoms. The number of phosphoric ester groups is 1. The van der Waals surface area contributed by atoms with E-state index in [2.05, 4.69) is 14.8 Å². The number of aliphatic hydroxyl groups is 2. The van der Waals surface area contributed by atoms with Gasteiger partial charge in [-0.05, 0) is 0 Å². The molecule has 0 spiro atoms. The van der Waals surface area contributed by atoms with Crippen LogP contribution >= 0.6 is 7.82 Å². The second kappa shape index (κ2) is 9.27. The molecule has 136 valence electrons. The molecule has 0 saturated carbocycles. The number of hydrogen-bond donors (Lipinski definition) is 4. The third kappa shape index (κ3) is 5.06. The second-order valence-electron chi connectivity index (χ2n) is 5.35. The van der Waals surface area contributed by atoms with Gasteiger partial charge in [-0.25, -0.2) is 4.79 Å². The Morgan fingerprint density at radius 3 is 2.58 bits per heavy atom. The maximum absolute atomic E-state index is 11.7. The Kier molecular flexibility index (Phi) is 8.71. The maximum atomic E-state index is 11.7. The first-order valence-corrected chi connectivity index (χ1v) is 8.24. The van der Waals surface area contributed by atoms with Crippen molar-refractivity contribution in [1.29, 1.82) is 0 Å². The third-order valence-corrected chi connectivity index (χ3v) is 4.26. The molecule has 0 aliphatic carbocycles. The zero-order valence-corrected chi connectivity index (χ0v) is 18.7. The van der Waals surface area contributed by atoms with Gasteiger partial charge >= 0.3 is 6.03 Å². The van der Waals surface area contributed by atoms with Crippen LogP contribution in [0.1, 0.15) is 0 Å². The van der Waals surface area contributed by atoms with Crippen LogP contribution in [0.15, 0.2) is 4.99 Å². The molecule has 4 N–H and O–H groups in total. The summed E-state index contributed by atoms with van der Waals surface area (Å²) >= 11 is 0. The monoisotopic (exact) mass is 410 g/mol. The Labute approximate surface area is 191 Å². The van der Waals surface area contributed by atoms with Crippen LogP contribution < -0.4 is 20.4 Å². The topological polar surface area (TPSA) is 196 Å². The molecule has 2 saturated heterocycles. The van der Waals surface area contributed by atoms with Gasteiger partial charge in [0.1, 0.15) is 24.5 Å². The van der Waals surface area contributed by atoms with E-state index in [9.17, 15) is 34.2 Å². The van der Waals surface area contributed by atoms with Gasteiger partial charge < -0.3 is 44.0 Å². The van der Waals surface area contributed by atoms with Gasteiger partial charge in [-0.3, -0.25) is 15.1 Å². The average Bonchev–Trinajstić information content (AvgIpc) is 3.00. The van der Waals surface area contributed by atoms with E-state index < -0.39 is 63.1 Å². The summed E-state index contributed by atoms with van der Waals surface area (Å²) in [4.78, 5) is 49.2. The first kappa shape index (κ1) is 24.4. The molecule has 0 bridgehead atoms. The summed E-state index contributed by atoms with van der Waals surface area (Å²) in [6.07, 6.45) is -5.40. The molecule has 3 aliphatic rings. The molecule has 0 aromatic carbocycles. The van der Waals surface area contributed by atoms with Crippen LogP contribution in [0.3, 0.4) is 0 Å².